The molecule has 0 saturated carbocycles. The number of carbonyl (C=O) groups excluding carboxylic acids is 1. The summed E-state index contributed by atoms with van der Waals surface area (Å²) in [4.78, 5) is 11.0. The molecule has 5 heteroatoms. The molecule has 1 amide bonds. The number of halogens is 1. The minimum atomic E-state index is -0.761. The monoisotopic (exact) mass is 238 g/mol. The van der Waals surface area contributed by atoms with Crippen molar-refractivity contribution in [3.05, 3.63) is 29.6 Å². The fraction of sp³-hybridized carbons (Fsp3) is 0.417. The van der Waals surface area contributed by atoms with E-state index in [9.17, 15) is 9.18 Å². The predicted molar refractivity (Wildman–Crippen MR) is 62.4 cm³/mol. The molecule has 0 aromatic heterocycles. The largest absolute Gasteiger partial charge is 0.382 e. The van der Waals surface area contributed by atoms with Crippen LogP contribution >= 0.6 is 0 Å². The molecule has 1 heterocycles. The van der Waals surface area contributed by atoms with Crippen LogP contribution in [0.25, 0.3) is 0 Å². The second kappa shape index (κ2) is 5.14. The molecule has 1 saturated heterocycles. The third-order valence-corrected chi connectivity index (χ3v) is 2.79. The van der Waals surface area contributed by atoms with Crippen LogP contribution in [0.3, 0.4) is 0 Å². The normalized spacial score (nSPS) is 19.2. The fourth-order valence-electron chi connectivity index (χ4n) is 1.86. The number of amides is 1. The van der Waals surface area contributed by atoms with Gasteiger partial charge < -0.3 is 15.8 Å². The number of benzene rings is 1. The van der Waals surface area contributed by atoms with Crippen molar-refractivity contribution >= 4 is 11.6 Å². The summed E-state index contributed by atoms with van der Waals surface area (Å²) >= 11 is 0. The molecule has 17 heavy (non-hydrogen) atoms. The van der Waals surface area contributed by atoms with E-state index in [0.29, 0.717) is 12.2 Å². The summed E-state index contributed by atoms with van der Waals surface area (Å²) in [5.41, 5.74) is 5.65. The van der Waals surface area contributed by atoms with Gasteiger partial charge in [0.1, 0.15) is 5.82 Å². The van der Waals surface area contributed by atoms with Gasteiger partial charge in [-0.15, -0.1) is 0 Å². The van der Waals surface area contributed by atoms with Crippen LogP contribution in [0.5, 0.6) is 0 Å². The summed E-state index contributed by atoms with van der Waals surface area (Å²) in [7, 11) is 0. The summed E-state index contributed by atoms with van der Waals surface area (Å²) < 4.78 is 18.7. The van der Waals surface area contributed by atoms with Gasteiger partial charge in [-0.1, -0.05) is 0 Å². The van der Waals surface area contributed by atoms with Gasteiger partial charge in [0.15, 0.2) is 0 Å². The molecule has 92 valence electrons. The number of ether oxygens (including phenoxy) is 1. The zero-order chi connectivity index (χ0) is 12.3. The third-order valence-electron chi connectivity index (χ3n) is 2.79. The van der Waals surface area contributed by atoms with Gasteiger partial charge in [-0.3, -0.25) is 4.79 Å². The van der Waals surface area contributed by atoms with Crippen molar-refractivity contribution in [1.82, 2.24) is 0 Å². The minimum absolute atomic E-state index is 0.0951. The van der Waals surface area contributed by atoms with Gasteiger partial charge in [0.05, 0.1) is 11.7 Å². The van der Waals surface area contributed by atoms with Crippen molar-refractivity contribution < 1.29 is 13.9 Å². The number of hydrogen-bond donors (Lipinski definition) is 2. The SMILES string of the molecule is NC(=O)c1cc(NCC2CCCO2)ccc1F. The van der Waals surface area contributed by atoms with Gasteiger partial charge in [0, 0.05) is 18.8 Å². The van der Waals surface area contributed by atoms with E-state index in [0.717, 1.165) is 19.4 Å². The van der Waals surface area contributed by atoms with Crippen LogP contribution in [0, 0.1) is 5.82 Å². The Morgan fingerprint density at radius 3 is 3.06 bits per heavy atom. The van der Waals surface area contributed by atoms with Crippen molar-refractivity contribution in [2.75, 3.05) is 18.5 Å². The van der Waals surface area contributed by atoms with Gasteiger partial charge in [-0.25, -0.2) is 4.39 Å². The molecule has 0 aliphatic carbocycles. The van der Waals surface area contributed by atoms with Gasteiger partial charge in [-0.05, 0) is 31.0 Å². The van der Waals surface area contributed by atoms with Gasteiger partial charge in [0.2, 0.25) is 0 Å². The molecule has 0 bridgehead atoms. The van der Waals surface area contributed by atoms with Crippen LogP contribution < -0.4 is 11.1 Å². The van der Waals surface area contributed by atoms with Crippen molar-refractivity contribution in [2.45, 2.75) is 18.9 Å². The van der Waals surface area contributed by atoms with Crippen LogP contribution in [0.2, 0.25) is 0 Å². The number of hydrogen-bond acceptors (Lipinski definition) is 3. The molecular formula is C12H15FN2O2. The molecule has 1 aliphatic heterocycles. The standard InChI is InChI=1S/C12H15FN2O2/c13-11-4-3-8(6-10(11)12(14)16)15-7-9-2-1-5-17-9/h3-4,6,9,15H,1-2,5,7H2,(H2,14,16). The molecule has 0 radical (unpaired) electrons. The van der Waals surface area contributed by atoms with Crippen molar-refractivity contribution in [3.8, 4) is 0 Å². The summed E-state index contributed by atoms with van der Waals surface area (Å²) in [6.45, 7) is 1.45. The Labute approximate surface area is 98.9 Å². The summed E-state index contributed by atoms with van der Waals surface area (Å²) in [6.07, 6.45) is 2.29. The van der Waals surface area contributed by atoms with Crippen LogP contribution in [0.4, 0.5) is 10.1 Å². The van der Waals surface area contributed by atoms with Gasteiger partial charge >= 0.3 is 0 Å². The zero-order valence-electron chi connectivity index (χ0n) is 9.41. The average Bonchev–Trinajstić information content (AvgIpc) is 2.80. The first-order valence-corrected chi connectivity index (χ1v) is 5.61. The van der Waals surface area contributed by atoms with E-state index >= 15 is 0 Å². The van der Waals surface area contributed by atoms with E-state index in [1.54, 1.807) is 6.07 Å². The molecule has 1 aromatic rings. The first-order chi connectivity index (χ1) is 8.16. The number of carbonyl (C=O) groups is 1. The molecule has 0 spiro atoms. The second-order valence-electron chi connectivity index (χ2n) is 4.07. The van der Waals surface area contributed by atoms with E-state index in [4.69, 9.17) is 10.5 Å². The van der Waals surface area contributed by atoms with Gasteiger partial charge in [0.25, 0.3) is 5.91 Å². The Balaban J connectivity index is 2.00. The van der Waals surface area contributed by atoms with E-state index in [-0.39, 0.29) is 11.7 Å². The highest BCUT2D eigenvalue weighted by atomic mass is 19.1. The Hall–Kier alpha value is -1.62. The lowest BCUT2D eigenvalue weighted by Gasteiger charge is -2.12. The lowest BCUT2D eigenvalue weighted by molar-refractivity contribution is 0.0996. The van der Waals surface area contributed by atoms with Crippen molar-refractivity contribution in [2.24, 2.45) is 5.73 Å². The number of rotatable bonds is 4. The van der Waals surface area contributed by atoms with Gasteiger partial charge in [-0.2, -0.15) is 0 Å². The first-order valence-electron chi connectivity index (χ1n) is 5.61. The number of nitrogens with one attached hydrogen (secondary N) is 1. The maximum absolute atomic E-state index is 13.2. The Bertz CT molecular complexity index is 417. The van der Waals surface area contributed by atoms with Crippen LogP contribution in [-0.2, 0) is 4.74 Å². The van der Waals surface area contributed by atoms with Crippen LogP contribution in [-0.4, -0.2) is 25.2 Å². The Morgan fingerprint density at radius 1 is 1.59 bits per heavy atom. The van der Waals surface area contributed by atoms with E-state index in [1.807, 2.05) is 0 Å². The molecule has 1 unspecified atom stereocenters. The fourth-order valence-corrected chi connectivity index (χ4v) is 1.86. The first kappa shape index (κ1) is 11.9. The van der Waals surface area contributed by atoms with Crippen molar-refractivity contribution in [3.63, 3.8) is 0 Å². The highest BCUT2D eigenvalue weighted by Gasteiger charge is 2.15. The zero-order valence-corrected chi connectivity index (χ0v) is 9.41. The highest BCUT2D eigenvalue weighted by Crippen LogP contribution is 2.16. The lowest BCUT2D eigenvalue weighted by atomic mass is 10.1. The minimum Gasteiger partial charge on any atom is -0.382 e. The maximum atomic E-state index is 13.2. The summed E-state index contributed by atoms with van der Waals surface area (Å²) in [5.74, 6) is -1.36. The maximum Gasteiger partial charge on any atom is 0.251 e. The van der Waals surface area contributed by atoms with E-state index in [1.165, 1.54) is 12.1 Å². The number of nitrogens with two attached hydrogens (primary N) is 1. The summed E-state index contributed by atoms with van der Waals surface area (Å²) in [6, 6.07) is 4.24. The molecule has 3 N–H and O–H groups in total. The lowest BCUT2D eigenvalue weighted by Crippen LogP contribution is -2.19. The quantitative estimate of drug-likeness (QED) is 0.835. The van der Waals surface area contributed by atoms with E-state index < -0.39 is 11.7 Å². The smallest absolute Gasteiger partial charge is 0.251 e. The van der Waals surface area contributed by atoms with Crippen molar-refractivity contribution in [1.29, 1.82) is 0 Å². The predicted octanol–water partition coefficient (Wildman–Crippen LogP) is 1.52. The number of primary amides is 1. The highest BCUT2D eigenvalue weighted by molar-refractivity contribution is 5.94. The molecule has 4 nitrogen and oxygen atoms in total. The second-order valence-corrected chi connectivity index (χ2v) is 4.07. The Kier molecular flexibility index (Phi) is 3.58. The molecule has 1 aromatic carbocycles. The topological polar surface area (TPSA) is 64.4 Å². The molecule has 2 rings (SSSR count). The Morgan fingerprint density at radius 2 is 2.41 bits per heavy atom. The molecular weight excluding hydrogens is 223 g/mol. The molecule has 1 atom stereocenters. The third kappa shape index (κ3) is 2.94. The van der Waals surface area contributed by atoms with E-state index in [2.05, 4.69) is 5.32 Å². The number of anilines is 1. The van der Waals surface area contributed by atoms with Crippen LogP contribution in [0.1, 0.15) is 23.2 Å². The average molecular weight is 238 g/mol. The summed E-state index contributed by atoms with van der Waals surface area (Å²) in [5, 5.41) is 3.11. The molecule has 1 aliphatic rings. The molecule has 1 fully saturated rings. The van der Waals surface area contributed by atoms with Crippen LogP contribution in [0.15, 0.2) is 18.2 Å².